The third-order valence-electron chi connectivity index (χ3n) is 3.86. The van der Waals surface area contributed by atoms with Crippen LogP contribution in [0.5, 0.6) is 0 Å². The predicted octanol–water partition coefficient (Wildman–Crippen LogP) is 6.48. The second-order valence-electron chi connectivity index (χ2n) is 5.78. The molecule has 0 amide bonds. The Labute approximate surface area is 169 Å². The zero-order valence-electron chi connectivity index (χ0n) is 14.0. The van der Waals surface area contributed by atoms with Gasteiger partial charge in [0.1, 0.15) is 0 Å². The maximum atomic E-state index is 13.1. The molecule has 0 bridgehead atoms. The van der Waals surface area contributed by atoms with E-state index in [1.54, 1.807) is 36.4 Å². The van der Waals surface area contributed by atoms with Crippen molar-refractivity contribution in [3.05, 3.63) is 82.3 Å². The minimum atomic E-state index is -4.71. The first kappa shape index (κ1) is 20.5. The van der Waals surface area contributed by atoms with E-state index >= 15 is 0 Å². The number of anilines is 1. The van der Waals surface area contributed by atoms with Crippen molar-refractivity contribution in [2.24, 2.45) is 0 Å². The Kier molecular flexibility index (Phi) is 5.61. The first-order valence-corrected chi connectivity index (χ1v) is 10.1. The molecule has 9 heteroatoms. The van der Waals surface area contributed by atoms with Crippen LogP contribution in [0.2, 0.25) is 10.0 Å². The molecule has 0 saturated carbocycles. The van der Waals surface area contributed by atoms with E-state index in [1.807, 2.05) is 0 Å². The number of halogens is 5. The van der Waals surface area contributed by atoms with Gasteiger partial charge in [0.05, 0.1) is 26.2 Å². The molecule has 0 radical (unpaired) electrons. The zero-order valence-corrected chi connectivity index (χ0v) is 16.3. The lowest BCUT2D eigenvalue weighted by molar-refractivity contribution is -0.137. The largest absolute Gasteiger partial charge is 0.419 e. The van der Waals surface area contributed by atoms with E-state index in [0.29, 0.717) is 5.56 Å². The Hall–Kier alpha value is -2.22. The molecule has 0 fully saturated rings. The molecule has 28 heavy (non-hydrogen) atoms. The van der Waals surface area contributed by atoms with Gasteiger partial charge in [-0.05, 0) is 35.9 Å². The molecule has 0 atom stereocenters. The molecule has 1 N–H and O–H groups in total. The van der Waals surface area contributed by atoms with E-state index in [4.69, 9.17) is 23.2 Å². The van der Waals surface area contributed by atoms with Crippen LogP contribution in [0, 0.1) is 0 Å². The van der Waals surface area contributed by atoms with Crippen LogP contribution >= 0.6 is 23.2 Å². The number of sulfonamides is 1. The van der Waals surface area contributed by atoms with Crippen molar-refractivity contribution >= 4 is 38.9 Å². The van der Waals surface area contributed by atoms with Crippen LogP contribution in [0.15, 0.2) is 71.6 Å². The minimum absolute atomic E-state index is 0.0493. The van der Waals surface area contributed by atoms with Crippen LogP contribution < -0.4 is 4.72 Å². The van der Waals surface area contributed by atoms with Gasteiger partial charge in [0.2, 0.25) is 0 Å². The van der Waals surface area contributed by atoms with Gasteiger partial charge in [-0.1, -0.05) is 59.6 Å². The summed E-state index contributed by atoms with van der Waals surface area (Å²) in [5, 5.41) is -1.15. The van der Waals surface area contributed by atoms with Gasteiger partial charge in [-0.2, -0.15) is 13.2 Å². The Morgan fingerprint density at radius 1 is 0.821 bits per heavy atom. The highest BCUT2D eigenvalue weighted by atomic mass is 35.5. The van der Waals surface area contributed by atoms with Crippen molar-refractivity contribution in [3.8, 4) is 11.1 Å². The summed E-state index contributed by atoms with van der Waals surface area (Å²) < 4.78 is 66.9. The normalized spacial score (nSPS) is 12.0. The summed E-state index contributed by atoms with van der Waals surface area (Å²) in [6.07, 6.45) is -4.71. The highest BCUT2D eigenvalue weighted by Crippen LogP contribution is 2.43. The summed E-state index contributed by atoms with van der Waals surface area (Å²) in [4.78, 5) is 0.0493. The third kappa shape index (κ3) is 4.27. The lowest BCUT2D eigenvalue weighted by Gasteiger charge is -2.16. The summed E-state index contributed by atoms with van der Waals surface area (Å²) in [5.74, 6) is 0. The zero-order chi connectivity index (χ0) is 20.5. The number of para-hydroxylation sites is 1. The lowest BCUT2D eigenvalue weighted by Crippen LogP contribution is -2.13. The van der Waals surface area contributed by atoms with Crippen LogP contribution in [0.1, 0.15) is 5.56 Å². The van der Waals surface area contributed by atoms with Crippen LogP contribution in [0.25, 0.3) is 11.1 Å². The number of hydrogen-bond donors (Lipinski definition) is 1. The number of benzene rings is 3. The van der Waals surface area contributed by atoms with E-state index in [0.717, 1.165) is 12.1 Å². The first-order valence-electron chi connectivity index (χ1n) is 7.83. The van der Waals surface area contributed by atoms with E-state index in [9.17, 15) is 21.6 Å². The van der Waals surface area contributed by atoms with Crippen molar-refractivity contribution in [3.63, 3.8) is 0 Å². The van der Waals surface area contributed by atoms with Crippen molar-refractivity contribution in [1.82, 2.24) is 0 Å². The van der Waals surface area contributed by atoms with Gasteiger partial charge < -0.3 is 0 Å². The summed E-state index contributed by atoms with van der Waals surface area (Å²) in [6.45, 7) is 0. The van der Waals surface area contributed by atoms with Crippen molar-refractivity contribution < 1.29 is 21.6 Å². The highest BCUT2D eigenvalue weighted by molar-refractivity contribution is 7.92. The maximum absolute atomic E-state index is 13.1. The number of alkyl halides is 3. The summed E-state index contributed by atoms with van der Waals surface area (Å²) in [7, 11) is -3.89. The standard InChI is InChI=1S/C19H12Cl2F3NO2S/c20-15-10-12(11-16(21)18(15)19(22,23)24)14-8-4-5-9-17(14)25-28(26,27)13-6-2-1-3-7-13/h1-11,25H. The van der Waals surface area contributed by atoms with Gasteiger partial charge in [-0.15, -0.1) is 0 Å². The maximum Gasteiger partial charge on any atom is 0.419 e. The van der Waals surface area contributed by atoms with Gasteiger partial charge in [0.25, 0.3) is 10.0 Å². The molecule has 0 aliphatic carbocycles. The molecular formula is C19H12Cl2F3NO2S. The fourth-order valence-electron chi connectivity index (χ4n) is 2.63. The average molecular weight is 446 g/mol. The highest BCUT2D eigenvalue weighted by Gasteiger charge is 2.36. The van der Waals surface area contributed by atoms with Crippen molar-refractivity contribution in [2.45, 2.75) is 11.1 Å². The topological polar surface area (TPSA) is 46.2 Å². The fraction of sp³-hybridized carbons (Fsp3) is 0.0526. The number of rotatable bonds is 4. The summed E-state index contributed by atoms with van der Waals surface area (Å²) in [5.41, 5.74) is -0.380. The fourth-order valence-corrected chi connectivity index (χ4v) is 4.43. The molecule has 0 heterocycles. The Morgan fingerprint density at radius 2 is 1.36 bits per heavy atom. The Morgan fingerprint density at radius 3 is 1.93 bits per heavy atom. The van der Waals surface area contributed by atoms with E-state index in [-0.39, 0.29) is 16.1 Å². The molecule has 0 aromatic heterocycles. The smallest absolute Gasteiger partial charge is 0.279 e. The minimum Gasteiger partial charge on any atom is -0.279 e. The molecule has 3 nitrogen and oxygen atoms in total. The molecule has 3 aromatic rings. The second kappa shape index (κ2) is 7.66. The summed E-state index contributed by atoms with van der Waals surface area (Å²) in [6, 6.07) is 16.2. The SMILES string of the molecule is O=S(=O)(Nc1ccccc1-c1cc(Cl)c(C(F)(F)F)c(Cl)c1)c1ccccc1. The molecule has 0 spiro atoms. The van der Waals surface area contributed by atoms with E-state index in [2.05, 4.69) is 4.72 Å². The molecule has 0 aliphatic rings. The number of nitrogens with one attached hydrogen (secondary N) is 1. The van der Waals surface area contributed by atoms with Gasteiger partial charge in [-0.3, -0.25) is 4.72 Å². The molecule has 3 aromatic carbocycles. The van der Waals surface area contributed by atoms with E-state index < -0.39 is 31.8 Å². The van der Waals surface area contributed by atoms with Gasteiger partial charge in [0, 0.05) is 5.56 Å². The molecular weight excluding hydrogens is 434 g/mol. The van der Waals surface area contributed by atoms with Crippen molar-refractivity contribution in [2.75, 3.05) is 4.72 Å². The molecule has 0 aliphatic heterocycles. The average Bonchev–Trinajstić information content (AvgIpc) is 2.61. The monoisotopic (exact) mass is 445 g/mol. The molecule has 0 unspecified atom stereocenters. The van der Waals surface area contributed by atoms with Crippen LogP contribution in [-0.4, -0.2) is 8.42 Å². The second-order valence-corrected chi connectivity index (χ2v) is 8.27. The van der Waals surface area contributed by atoms with E-state index in [1.165, 1.54) is 18.2 Å². The van der Waals surface area contributed by atoms with Crippen LogP contribution in [0.4, 0.5) is 18.9 Å². The third-order valence-corrected chi connectivity index (χ3v) is 5.84. The van der Waals surface area contributed by atoms with Gasteiger partial charge in [0.15, 0.2) is 0 Å². The predicted molar refractivity (Wildman–Crippen MR) is 104 cm³/mol. The Bertz CT molecular complexity index is 1090. The van der Waals surface area contributed by atoms with Crippen LogP contribution in [0.3, 0.4) is 0 Å². The van der Waals surface area contributed by atoms with Crippen molar-refractivity contribution in [1.29, 1.82) is 0 Å². The van der Waals surface area contributed by atoms with Gasteiger partial charge in [-0.25, -0.2) is 8.42 Å². The van der Waals surface area contributed by atoms with Crippen LogP contribution in [-0.2, 0) is 16.2 Å². The Balaban J connectivity index is 2.07. The number of hydrogen-bond acceptors (Lipinski definition) is 2. The lowest BCUT2D eigenvalue weighted by atomic mass is 10.0. The molecule has 0 saturated heterocycles. The van der Waals surface area contributed by atoms with Gasteiger partial charge >= 0.3 is 6.18 Å². The summed E-state index contributed by atoms with van der Waals surface area (Å²) >= 11 is 11.6. The molecule has 3 rings (SSSR count). The quantitative estimate of drug-likeness (QED) is 0.499. The molecule has 146 valence electrons. The first-order chi connectivity index (χ1) is 13.1.